The normalized spacial score (nSPS) is 11.9. The fraction of sp³-hybridized carbons (Fsp3) is 0.294. The first kappa shape index (κ1) is 15.0. The summed E-state index contributed by atoms with van der Waals surface area (Å²) in [7, 11) is 0. The van der Waals surface area contributed by atoms with Crippen LogP contribution >= 0.6 is 0 Å². The predicted octanol–water partition coefficient (Wildman–Crippen LogP) is 2.61. The molecule has 1 unspecified atom stereocenters. The van der Waals surface area contributed by atoms with Crippen LogP contribution in [0.5, 0.6) is 0 Å². The van der Waals surface area contributed by atoms with Crippen LogP contribution in [0.2, 0.25) is 0 Å². The lowest BCUT2D eigenvalue weighted by atomic mass is 9.98. The van der Waals surface area contributed by atoms with Gasteiger partial charge in [-0.15, -0.1) is 0 Å². The average molecular weight is 284 g/mol. The number of carbonyl (C=O) groups excluding carboxylic acids is 1. The number of nitrogens with one attached hydrogen (secondary N) is 2. The Labute approximate surface area is 124 Å². The lowest BCUT2D eigenvalue weighted by Gasteiger charge is -2.12. The van der Waals surface area contributed by atoms with Gasteiger partial charge in [0.1, 0.15) is 5.56 Å². The minimum Gasteiger partial charge on any atom is -0.364 e. The molecule has 1 aromatic carbocycles. The van der Waals surface area contributed by atoms with Crippen LogP contribution < -0.4 is 10.7 Å². The molecule has 1 aromatic heterocycles. The van der Waals surface area contributed by atoms with E-state index in [9.17, 15) is 9.59 Å². The van der Waals surface area contributed by atoms with E-state index in [1.54, 1.807) is 6.92 Å². The van der Waals surface area contributed by atoms with Gasteiger partial charge in [0.2, 0.25) is 0 Å². The molecule has 4 nitrogen and oxygen atoms in total. The number of carbonyl (C=O) groups is 1. The molecule has 4 heteroatoms. The number of hydrogen-bond acceptors (Lipinski definition) is 2. The van der Waals surface area contributed by atoms with Gasteiger partial charge in [-0.1, -0.05) is 37.3 Å². The molecule has 0 bridgehead atoms. The molecule has 110 valence electrons. The van der Waals surface area contributed by atoms with E-state index in [0.29, 0.717) is 12.5 Å². The highest BCUT2D eigenvalue weighted by Gasteiger charge is 2.11. The molecule has 0 saturated carbocycles. The van der Waals surface area contributed by atoms with Crippen molar-refractivity contribution in [2.24, 2.45) is 0 Å². The quantitative estimate of drug-likeness (QED) is 0.886. The van der Waals surface area contributed by atoms with Crippen molar-refractivity contribution in [3.8, 4) is 0 Å². The molecule has 1 amide bonds. The number of amides is 1. The van der Waals surface area contributed by atoms with Crippen molar-refractivity contribution in [1.82, 2.24) is 10.3 Å². The van der Waals surface area contributed by atoms with Gasteiger partial charge in [-0.05, 0) is 24.8 Å². The van der Waals surface area contributed by atoms with Crippen molar-refractivity contribution in [2.75, 3.05) is 6.54 Å². The molecule has 1 atom stereocenters. The summed E-state index contributed by atoms with van der Waals surface area (Å²) in [6, 6.07) is 11.6. The Morgan fingerprint density at radius 1 is 1.29 bits per heavy atom. The van der Waals surface area contributed by atoms with Gasteiger partial charge < -0.3 is 10.3 Å². The van der Waals surface area contributed by atoms with Gasteiger partial charge in [0.05, 0.1) is 0 Å². The third-order valence-electron chi connectivity index (χ3n) is 3.53. The van der Waals surface area contributed by atoms with Crippen molar-refractivity contribution in [3.05, 3.63) is 69.6 Å². The minimum absolute atomic E-state index is 0.160. The van der Waals surface area contributed by atoms with E-state index in [1.165, 1.54) is 17.8 Å². The first-order chi connectivity index (χ1) is 10.1. The van der Waals surface area contributed by atoms with Gasteiger partial charge in [0.25, 0.3) is 5.91 Å². The molecule has 0 aliphatic heterocycles. The van der Waals surface area contributed by atoms with Gasteiger partial charge >= 0.3 is 0 Å². The Balaban J connectivity index is 1.89. The van der Waals surface area contributed by atoms with E-state index in [-0.39, 0.29) is 16.9 Å². The third kappa shape index (κ3) is 4.05. The van der Waals surface area contributed by atoms with E-state index < -0.39 is 0 Å². The highest BCUT2D eigenvalue weighted by molar-refractivity contribution is 5.93. The third-order valence-corrected chi connectivity index (χ3v) is 3.53. The summed E-state index contributed by atoms with van der Waals surface area (Å²) in [5, 5.41) is 2.80. The molecule has 0 saturated heterocycles. The first-order valence-electron chi connectivity index (χ1n) is 7.10. The smallest absolute Gasteiger partial charge is 0.256 e. The van der Waals surface area contributed by atoms with Gasteiger partial charge in [0.15, 0.2) is 5.43 Å². The number of hydrogen-bond donors (Lipinski definition) is 2. The fourth-order valence-corrected chi connectivity index (χ4v) is 2.20. The van der Waals surface area contributed by atoms with Crippen LogP contribution in [0.3, 0.4) is 0 Å². The highest BCUT2D eigenvalue weighted by atomic mass is 16.2. The summed E-state index contributed by atoms with van der Waals surface area (Å²) in [6.07, 6.45) is 2.30. The van der Waals surface area contributed by atoms with Crippen molar-refractivity contribution >= 4 is 5.91 Å². The maximum Gasteiger partial charge on any atom is 0.256 e. The topological polar surface area (TPSA) is 62.0 Å². The predicted molar refractivity (Wildman–Crippen MR) is 83.6 cm³/mol. The van der Waals surface area contributed by atoms with Crippen LogP contribution in [0.25, 0.3) is 0 Å². The molecule has 0 radical (unpaired) electrons. The van der Waals surface area contributed by atoms with E-state index in [0.717, 1.165) is 12.1 Å². The van der Waals surface area contributed by atoms with E-state index in [4.69, 9.17) is 0 Å². The monoisotopic (exact) mass is 284 g/mol. The molecule has 0 aliphatic rings. The summed E-state index contributed by atoms with van der Waals surface area (Å²) in [4.78, 5) is 26.6. The number of aromatic nitrogens is 1. The zero-order valence-corrected chi connectivity index (χ0v) is 12.3. The van der Waals surface area contributed by atoms with Crippen molar-refractivity contribution in [1.29, 1.82) is 0 Å². The zero-order chi connectivity index (χ0) is 15.2. The second kappa shape index (κ2) is 6.88. The molecule has 1 heterocycles. The highest BCUT2D eigenvalue weighted by Crippen LogP contribution is 2.17. The number of rotatable bonds is 5. The average Bonchev–Trinajstić information content (AvgIpc) is 2.47. The summed E-state index contributed by atoms with van der Waals surface area (Å²) < 4.78 is 0. The Kier molecular flexibility index (Phi) is 4.93. The molecular formula is C17H20N2O2. The number of pyridine rings is 1. The number of aryl methyl sites for hydroxylation is 1. The number of H-pyrrole nitrogens is 1. The van der Waals surface area contributed by atoms with Crippen molar-refractivity contribution in [3.63, 3.8) is 0 Å². The lowest BCUT2D eigenvalue weighted by molar-refractivity contribution is 0.0951. The molecule has 0 fully saturated rings. The number of benzene rings is 1. The number of aromatic amines is 1. The van der Waals surface area contributed by atoms with Crippen LogP contribution in [0.15, 0.2) is 47.4 Å². The fourth-order valence-electron chi connectivity index (χ4n) is 2.20. The van der Waals surface area contributed by atoms with Crippen LogP contribution in [0.4, 0.5) is 0 Å². The summed E-state index contributed by atoms with van der Waals surface area (Å²) >= 11 is 0. The lowest BCUT2D eigenvalue weighted by Crippen LogP contribution is -2.30. The Morgan fingerprint density at radius 3 is 2.67 bits per heavy atom. The van der Waals surface area contributed by atoms with Gasteiger partial charge in [-0.2, -0.15) is 0 Å². The van der Waals surface area contributed by atoms with Crippen LogP contribution in [-0.4, -0.2) is 17.4 Å². The standard InChI is InChI=1S/C17H20N2O2/c1-12(14-6-4-3-5-7-14)8-9-18-17(21)15-11-19-13(2)10-16(15)20/h3-7,10-12H,8-9H2,1-2H3,(H,18,21)(H,19,20). The molecule has 2 N–H and O–H groups in total. The molecule has 21 heavy (non-hydrogen) atoms. The Morgan fingerprint density at radius 2 is 2.00 bits per heavy atom. The molecule has 0 aliphatic carbocycles. The van der Waals surface area contributed by atoms with Gasteiger partial charge in [-0.25, -0.2) is 0 Å². The summed E-state index contributed by atoms with van der Waals surface area (Å²) in [5.74, 6) is 0.0410. The maximum absolute atomic E-state index is 12.0. The Bertz CT molecular complexity index is 662. The van der Waals surface area contributed by atoms with Crippen LogP contribution in [-0.2, 0) is 0 Å². The van der Waals surface area contributed by atoms with E-state index in [1.807, 2.05) is 18.2 Å². The molecule has 2 aromatic rings. The van der Waals surface area contributed by atoms with Crippen molar-refractivity contribution < 1.29 is 4.79 Å². The zero-order valence-electron chi connectivity index (χ0n) is 12.3. The second-order valence-electron chi connectivity index (χ2n) is 5.25. The Hall–Kier alpha value is -2.36. The largest absolute Gasteiger partial charge is 0.364 e. The minimum atomic E-state index is -0.323. The molecule has 2 rings (SSSR count). The molecular weight excluding hydrogens is 264 g/mol. The van der Waals surface area contributed by atoms with Crippen LogP contribution in [0, 0.1) is 6.92 Å². The van der Waals surface area contributed by atoms with Crippen molar-refractivity contribution in [2.45, 2.75) is 26.2 Å². The molecule has 0 spiro atoms. The van der Waals surface area contributed by atoms with Gasteiger partial charge in [-0.3, -0.25) is 9.59 Å². The van der Waals surface area contributed by atoms with Crippen LogP contribution in [0.1, 0.15) is 40.9 Å². The second-order valence-corrected chi connectivity index (χ2v) is 5.25. The SMILES string of the molecule is Cc1cc(=O)c(C(=O)NCCC(C)c2ccccc2)c[nH]1. The van der Waals surface area contributed by atoms with E-state index >= 15 is 0 Å². The summed E-state index contributed by atoms with van der Waals surface area (Å²) in [5.41, 5.74) is 1.90. The maximum atomic E-state index is 12.0. The van der Waals surface area contributed by atoms with Gasteiger partial charge in [0, 0.05) is 24.5 Å². The van der Waals surface area contributed by atoms with E-state index in [2.05, 4.69) is 29.4 Å². The first-order valence-corrected chi connectivity index (χ1v) is 7.10. The summed E-state index contributed by atoms with van der Waals surface area (Å²) in [6.45, 7) is 4.45.